The molecule has 1 aromatic carbocycles. The van der Waals surface area contributed by atoms with Crippen LogP contribution in [-0.4, -0.2) is 19.0 Å². The summed E-state index contributed by atoms with van der Waals surface area (Å²) in [4.78, 5) is 13.8. The second kappa shape index (κ2) is 4.15. The van der Waals surface area contributed by atoms with E-state index in [0.717, 1.165) is 38.8 Å². The van der Waals surface area contributed by atoms with Crippen LogP contribution in [0.4, 0.5) is 5.69 Å². The molecule has 0 unspecified atom stereocenters. The lowest BCUT2D eigenvalue weighted by atomic mass is 9.95. The molecule has 0 atom stereocenters. The van der Waals surface area contributed by atoms with E-state index < -0.39 is 0 Å². The van der Waals surface area contributed by atoms with Gasteiger partial charge in [-0.05, 0) is 48.9 Å². The van der Waals surface area contributed by atoms with Gasteiger partial charge in [0, 0.05) is 13.0 Å². The van der Waals surface area contributed by atoms with E-state index in [0.29, 0.717) is 12.3 Å². The number of hydrogen-bond acceptors (Lipinski definition) is 2. The molecule has 0 radical (unpaired) electrons. The van der Waals surface area contributed by atoms with Crippen LogP contribution in [0.1, 0.15) is 29.5 Å². The van der Waals surface area contributed by atoms with Crippen molar-refractivity contribution in [3.8, 4) is 0 Å². The molecule has 2 aliphatic heterocycles. The fourth-order valence-electron chi connectivity index (χ4n) is 2.98. The fraction of sp³-hybridized carbons (Fsp3) is 0.500. The zero-order valence-electron chi connectivity index (χ0n) is 10.0. The van der Waals surface area contributed by atoms with E-state index in [4.69, 9.17) is 5.73 Å². The van der Waals surface area contributed by atoms with E-state index in [1.165, 1.54) is 22.4 Å². The number of aryl methyl sites for hydroxylation is 2. The number of nitrogens with two attached hydrogens (primary N) is 1. The Labute approximate surface area is 102 Å². The Hall–Kier alpha value is -1.35. The molecule has 2 N–H and O–H groups in total. The Bertz CT molecular complexity index is 468. The second-order valence-corrected chi connectivity index (χ2v) is 4.95. The highest BCUT2D eigenvalue weighted by Crippen LogP contribution is 2.37. The maximum absolute atomic E-state index is 11.8. The SMILES string of the molecule is NCCCc1cc2c3c(c1)CCN3C(=O)CC2. The first-order valence-electron chi connectivity index (χ1n) is 6.44. The Morgan fingerprint density at radius 3 is 2.71 bits per heavy atom. The van der Waals surface area contributed by atoms with Crippen LogP contribution in [0.5, 0.6) is 0 Å². The van der Waals surface area contributed by atoms with Crippen molar-refractivity contribution < 1.29 is 4.79 Å². The molecule has 1 amide bonds. The number of carbonyl (C=O) groups excluding carboxylic acids is 1. The Morgan fingerprint density at radius 1 is 1.18 bits per heavy atom. The van der Waals surface area contributed by atoms with E-state index in [2.05, 4.69) is 12.1 Å². The van der Waals surface area contributed by atoms with Gasteiger partial charge in [-0.15, -0.1) is 0 Å². The molecule has 3 nitrogen and oxygen atoms in total. The van der Waals surface area contributed by atoms with Crippen LogP contribution in [-0.2, 0) is 24.1 Å². The van der Waals surface area contributed by atoms with Crippen LogP contribution in [0.25, 0.3) is 0 Å². The predicted octanol–water partition coefficient (Wildman–Crippen LogP) is 1.41. The first-order chi connectivity index (χ1) is 8.29. The van der Waals surface area contributed by atoms with Crippen molar-refractivity contribution in [2.45, 2.75) is 32.1 Å². The van der Waals surface area contributed by atoms with Crippen LogP contribution in [0, 0.1) is 0 Å². The van der Waals surface area contributed by atoms with E-state index in [1.807, 2.05) is 4.90 Å². The third kappa shape index (κ3) is 1.75. The van der Waals surface area contributed by atoms with Gasteiger partial charge in [0.25, 0.3) is 0 Å². The highest BCUT2D eigenvalue weighted by Gasteiger charge is 2.31. The Kier molecular flexibility index (Phi) is 2.63. The molecule has 3 heteroatoms. The molecule has 1 aromatic rings. The zero-order valence-corrected chi connectivity index (χ0v) is 10.0. The van der Waals surface area contributed by atoms with Gasteiger partial charge in [0.15, 0.2) is 0 Å². The molecule has 0 saturated carbocycles. The first kappa shape index (κ1) is 10.8. The lowest BCUT2D eigenvalue weighted by Gasteiger charge is -2.25. The average molecular weight is 230 g/mol. The summed E-state index contributed by atoms with van der Waals surface area (Å²) >= 11 is 0. The smallest absolute Gasteiger partial charge is 0.227 e. The topological polar surface area (TPSA) is 46.3 Å². The van der Waals surface area contributed by atoms with Crippen molar-refractivity contribution in [3.05, 3.63) is 28.8 Å². The van der Waals surface area contributed by atoms with Crippen molar-refractivity contribution in [1.29, 1.82) is 0 Å². The van der Waals surface area contributed by atoms with Crippen molar-refractivity contribution >= 4 is 11.6 Å². The zero-order chi connectivity index (χ0) is 11.8. The van der Waals surface area contributed by atoms with Crippen LogP contribution >= 0.6 is 0 Å². The minimum atomic E-state index is 0.297. The molecule has 2 heterocycles. The highest BCUT2D eigenvalue weighted by atomic mass is 16.2. The number of carbonyl (C=O) groups is 1. The number of anilines is 1. The minimum Gasteiger partial charge on any atom is -0.330 e. The van der Waals surface area contributed by atoms with Gasteiger partial charge >= 0.3 is 0 Å². The molecule has 3 rings (SSSR count). The van der Waals surface area contributed by atoms with Crippen molar-refractivity contribution in [3.63, 3.8) is 0 Å². The summed E-state index contributed by atoms with van der Waals surface area (Å²) in [5.41, 5.74) is 10.9. The lowest BCUT2D eigenvalue weighted by Crippen LogP contribution is -2.32. The second-order valence-electron chi connectivity index (χ2n) is 4.95. The van der Waals surface area contributed by atoms with E-state index in [9.17, 15) is 4.79 Å². The fourth-order valence-corrected chi connectivity index (χ4v) is 2.98. The van der Waals surface area contributed by atoms with Crippen LogP contribution in [0.3, 0.4) is 0 Å². The third-order valence-corrected chi connectivity index (χ3v) is 3.78. The van der Waals surface area contributed by atoms with E-state index in [1.54, 1.807) is 0 Å². The number of amides is 1. The summed E-state index contributed by atoms with van der Waals surface area (Å²) < 4.78 is 0. The molecule has 0 saturated heterocycles. The summed E-state index contributed by atoms with van der Waals surface area (Å²) in [6.45, 7) is 1.62. The molecular formula is C14H18N2O. The predicted molar refractivity (Wildman–Crippen MR) is 68.2 cm³/mol. The summed E-state index contributed by atoms with van der Waals surface area (Å²) in [6.07, 6.45) is 4.71. The Balaban J connectivity index is 1.98. The normalized spacial score (nSPS) is 17.5. The van der Waals surface area contributed by atoms with Gasteiger partial charge in [-0.1, -0.05) is 12.1 Å². The Morgan fingerprint density at radius 2 is 1.94 bits per heavy atom. The molecular weight excluding hydrogens is 212 g/mol. The van der Waals surface area contributed by atoms with E-state index in [-0.39, 0.29) is 0 Å². The number of hydrogen-bond donors (Lipinski definition) is 1. The number of rotatable bonds is 3. The molecule has 90 valence electrons. The molecule has 0 fully saturated rings. The van der Waals surface area contributed by atoms with Gasteiger partial charge in [-0.3, -0.25) is 4.79 Å². The summed E-state index contributed by atoms with van der Waals surface area (Å²) in [5.74, 6) is 0.297. The first-order valence-corrected chi connectivity index (χ1v) is 6.44. The third-order valence-electron chi connectivity index (χ3n) is 3.78. The van der Waals surface area contributed by atoms with Crippen LogP contribution in [0.15, 0.2) is 12.1 Å². The van der Waals surface area contributed by atoms with Crippen molar-refractivity contribution in [2.75, 3.05) is 18.0 Å². The molecule has 0 aromatic heterocycles. The number of nitrogens with zero attached hydrogens (tertiary/aromatic N) is 1. The molecule has 0 aliphatic carbocycles. The summed E-state index contributed by atoms with van der Waals surface area (Å²) in [6, 6.07) is 4.55. The highest BCUT2D eigenvalue weighted by molar-refractivity contribution is 5.98. The minimum absolute atomic E-state index is 0.297. The van der Waals surface area contributed by atoms with E-state index >= 15 is 0 Å². The maximum Gasteiger partial charge on any atom is 0.227 e. The lowest BCUT2D eigenvalue weighted by molar-refractivity contribution is -0.118. The molecule has 17 heavy (non-hydrogen) atoms. The quantitative estimate of drug-likeness (QED) is 0.853. The standard InChI is InChI=1S/C14H18N2O/c15-6-1-2-10-8-11-3-4-13(17)16-7-5-12(9-10)14(11)16/h8-9H,1-7,15H2. The summed E-state index contributed by atoms with van der Waals surface area (Å²) in [5, 5.41) is 0. The monoisotopic (exact) mass is 230 g/mol. The molecule has 0 bridgehead atoms. The number of benzene rings is 1. The maximum atomic E-state index is 11.8. The van der Waals surface area contributed by atoms with Gasteiger partial charge in [0.2, 0.25) is 5.91 Å². The van der Waals surface area contributed by atoms with Gasteiger partial charge in [0.05, 0.1) is 5.69 Å². The van der Waals surface area contributed by atoms with Gasteiger partial charge in [0.1, 0.15) is 0 Å². The van der Waals surface area contributed by atoms with Gasteiger partial charge < -0.3 is 10.6 Å². The van der Waals surface area contributed by atoms with Gasteiger partial charge in [-0.2, -0.15) is 0 Å². The van der Waals surface area contributed by atoms with Crippen molar-refractivity contribution in [1.82, 2.24) is 0 Å². The van der Waals surface area contributed by atoms with Crippen molar-refractivity contribution in [2.24, 2.45) is 5.73 Å². The molecule has 2 aliphatic rings. The largest absolute Gasteiger partial charge is 0.330 e. The average Bonchev–Trinajstić information content (AvgIpc) is 2.76. The van der Waals surface area contributed by atoms with Crippen LogP contribution < -0.4 is 10.6 Å². The molecule has 0 spiro atoms. The van der Waals surface area contributed by atoms with Gasteiger partial charge in [-0.25, -0.2) is 0 Å². The summed E-state index contributed by atoms with van der Waals surface area (Å²) in [7, 11) is 0. The van der Waals surface area contributed by atoms with Crippen LogP contribution in [0.2, 0.25) is 0 Å².